The molecule has 0 radical (unpaired) electrons. The molecule has 0 bridgehead atoms. The maximum atomic E-state index is 12.4. The summed E-state index contributed by atoms with van der Waals surface area (Å²) in [6.45, 7) is 3.68. The molecule has 1 aliphatic carbocycles. The molecule has 1 aromatic rings. The molecule has 0 fully saturated rings. The lowest BCUT2D eigenvalue weighted by Gasteiger charge is -2.24. The van der Waals surface area contributed by atoms with Crippen LogP contribution in [0.3, 0.4) is 0 Å². The summed E-state index contributed by atoms with van der Waals surface area (Å²) < 4.78 is 1.69. The minimum Gasteiger partial charge on any atom is -0.481 e. The Labute approximate surface area is 117 Å². The highest BCUT2D eigenvalue weighted by atomic mass is 16.4. The predicted octanol–water partition coefficient (Wildman–Crippen LogP) is 1.64. The van der Waals surface area contributed by atoms with Crippen molar-refractivity contribution in [3.8, 4) is 0 Å². The van der Waals surface area contributed by atoms with Crippen molar-refractivity contribution >= 4 is 17.6 Å². The molecule has 0 aromatic carbocycles. The Hall–Kier alpha value is -2.11. The number of carboxylic acid groups (broad SMARTS) is 1. The fourth-order valence-corrected chi connectivity index (χ4v) is 2.55. The highest BCUT2D eigenvalue weighted by molar-refractivity contribution is 5.96. The van der Waals surface area contributed by atoms with Crippen LogP contribution in [0.15, 0.2) is 12.2 Å². The number of amides is 1. The molecule has 1 amide bonds. The minimum absolute atomic E-state index is 0.249. The lowest BCUT2D eigenvalue weighted by molar-refractivity contribution is -0.146. The third-order valence-corrected chi connectivity index (χ3v) is 3.84. The first-order valence-electron chi connectivity index (χ1n) is 6.60. The Morgan fingerprint density at radius 3 is 2.40 bits per heavy atom. The van der Waals surface area contributed by atoms with Crippen molar-refractivity contribution in [3.05, 3.63) is 23.5 Å². The van der Waals surface area contributed by atoms with Crippen LogP contribution in [0.5, 0.6) is 0 Å². The Morgan fingerprint density at radius 1 is 1.30 bits per heavy atom. The van der Waals surface area contributed by atoms with Crippen LogP contribution in [0.25, 0.3) is 0 Å². The van der Waals surface area contributed by atoms with Gasteiger partial charge < -0.3 is 10.4 Å². The molecule has 1 aliphatic rings. The smallest absolute Gasteiger partial charge is 0.307 e. The zero-order chi connectivity index (χ0) is 14.9. The number of nitrogens with zero attached hydrogens (tertiary/aromatic N) is 2. The van der Waals surface area contributed by atoms with Gasteiger partial charge in [-0.25, -0.2) is 0 Å². The first-order valence-corrected chi connectivity index (χ1v) is 6.60. The number of aliphatic carboxylic acids is 1. The molecule has 0 saturated heterocycles. The molecular weight excluding hydrogens is 258 g/mol. The summed E-state index contributed by atoms with van der Waals surface area (Å²) in [6, 6.07) is 0. The molecule has 0 unspecified atom stereocenters. The van der Waals surface area contributed by atoms with E-state index in [4.69, 9.17) is 0 Å². The summed E-state index contributed by atoms with van der Waals surface area (Å²) in [5.74, 6) is -2.36. The number of hydrogen-bond donors (Lipinski definition) is 2. The number of hydrogen-bond acceptors (Lipinski definition) is 3. The predicted molar refractivity (Wildman–Crippen MR) is 74.3 cm³/mol. The van der Waals surface area contributed by atoms with Gasteiger partial charge in [0.25, 0.3) is 0 Å². The number of rotatable bonds is 3. The molecular formula is C14H19N3O3. The van der Waals surface area contributed by atoms with E-state index in [-0.39, 0.29) is 5.91 Å². The zero-order valence-corrected chi connectivity index (χ0v) is 11.9. The third-order valence-electron chi connectivity index (χ3n) is 3.84. The van der Waals surface area contributed by atoms with Gasteiger partial charge in [0.15, 0.2) is 0 Å². The number of carboxylic acids is 1. The first-order chi connectivity index (χ1) is 9.41. The lowest BCUT2D eigenvalue weighted by Crippen LogP contribution is -2.34. The van der Waals surface area contributed by atoms with Crippen molar-refractivity contribution in [2.75, 3.05) is 5.32 Å². The van der Waals surface area contributed by atoms with Gasteiger partial charge in [0.1, 0.15) is 0 Å². The number of carbonyl (C=O) groups excluding carboxylic acids is 1. The van der Waals surface area contributed by atoms with Crippen molar-refractivity contribution in [2.45, 2.75) is 26.7 Å². The van der Waals surface area contributed by atoms with E-state index in [1.54, 1.807) is 11.7 Å². The number of nitrogens with one attached hydrogen (secondary N) is 1. The molecule has 0 aliphatic heterocycles. The SMILES string of the molecule is Cc1nn(C)c(C)c1NC(=O)[C@H]1CC=CC[C@@H]1C(=O)O. The Kier molecular flexibility index (Phi) is 3.92. The van der Waals surface area contributed by atoms with Crippen molar-refractivity contribution in [1.29, 1.82) is 0 Å². The van der Waals surface area contributed by atoms with Gasteiger partial charge in [-0.3, -0.25) is 14.3 Å². The third kappa shape index (κ3) is 2.59. The molecule has 6 nitrogen and oxygen atoms in total. The fourth-order valence-electron chi connectivity index (χ4n) is 2.55. The molecule has 0 spiro atoms. The van der Waals surface area contributed by atoms with E-state index in [1.165, 1.54) is 0 Å². The number of anilines is 1. The topological polar surface area (TPSA) is 84.2 Å². The number of carbonyl (C=O) groups is 2. The van der Waals surface area contributed by atoms with Crippen LogP contribution in [0, 0.1) is 25.7 Å². The van der Waals surface area contributed by atoms with Gasteiger partial charge in [-0.15, -0.1) is 0 Å². The molecule has 1 aromatic heterocycles. The normalized spacial score (nSPS) is 21.8. The Bertz CT molecular complexity index is 574. The zero-order valence-electron chi connectivity index (χ0n) is 11.9. The van der Waals surface area contributed by atoms with E-state index in [1.807, 2.05) is 26.0 Å². The van der Waals surface area contributed by atoms with E-state index in [0.29, 0.717) is 18.5 Å². The van der Waals surface area contributed by atoms with E-state index < -0.39 is 17.8 Å². The Morgan fingerprint density at radius 2 is 1.90 bits per heavy atom. The van der Waals surface area contributed by atoms with Crippen LogP contribution in [0.2, 0.25) is 0 Å². The van der Waals surface area contributed by atoms with Crippen LogP contribution in [0.1, 0.15) is 24.2 Å². The van der Waals surface area contributed by atoms with Gasteiger partial charge in [-0.05, 0) is 26.7 Å². The number of aryl methyl sites for hydroxylation is 2. The van der Waals surface area contributed by atoms with Crippen molar-refractivity contribution < 1.29 is 14.7 Å². The molecule has 6 heteroatoms. The van der Waals surface area contributed by atoms with Gasteiger partial charge in [-0.1, -0.05) is 12.2 Å². The van der Waals surface area contributed by atoms with Crippen LogP contribution in [-0.4, -0.2) is 26.8 Å². The second kappa shape index (κ2) is 5.48. The van der Waals surface area contributed by atoms with Crippen LogP contribution in [0.4, 0.5) is 5.69 Å². The maximum Gasteiger partial charge on any atom is 0.307 e. The maximum absolute atomic E-state index is 12.4. The summed E-state index contributed by atoms with van der Waals surface area (Å²) in [4.78, 5) is 23.6. The lowest BCUT2D eigenvalue weighted by atomic mass is 9.82. The molecule has 108 valence electrons. The van der Waals surface area contributed by atoms with E-state index in [9.17, 15) is 14.7 Å². The summed E-state index contributed by atoms with van der Waals surface area (Å²) in [7, 11) is 1.81. The average Bonchev–Trinajstić information content (AvgIpc) is 2.65. The standard InChI is InChI=1S/C14H19N3O3/c1-8-12(9(2)17(3)16-8)15-13(18)10-6-4-5-7-11(10)14(19)20/h4-5,10-11H,6-7H2,1-3H3,(H,15,18)(H,19,20)/t10-,11-/m0/s1. The quantitative estimate of drug-likeness (QED) is 0.823. The number of allylic oxidation sites excluding steroid dienone is 2. The van der Waals surface area contributed by atoms with Gasteiger partial charge in [0, 0.05) is 7.05 Å². The van der Waals surface area contributed by atoms with Gasteiger partial charge in [-0.2, -0.15) is 5.10 Å². The highest BCUT2D eigenvalue weighted by Crippen LogP contribution is 2.28. The van der Waals surface area contributed by atoms with Crippen LogP contribution >= 0.6 is 0 Å². The summed E-state index contributed by atoms with van der Waals surface area (Å²) in [6.07, 6.45) is 4.55. The number of aromatic nitrogens is 2. The summed E-state index contributed by atoms with van der Waals surface area (Å²) in [5, 5.41) is 16.3. The highest BCUT2D eigenvalue weighted by Gasteiger charge is 2.34. The monoisotopic (exact) mass is 277 g/mol. The van der Waals surface area contributed by atoms with Gasteiger partial charge >= 0.3 is 5.97 Å². The fraction of sp³-hybridized carbons (Fsp3) is 0.500. The largest absolute Gasteiger partial charge is 0.481 e. The van der Waals surface area contributed by atoms with Crippen molar-refractivity contribution in [3.63, 3.8) is 0 Å². The second-order valence-corrected chi connectivity index (χ2v) is 5.15. The van der Waals surface area contributed by atoms with Crippen molar-refractivity contribution in [2.24, 2.45) is 18.9 Å². The van der Waals surface area contributed by atoms with Crippen molar-refractivity contribution in [1.82, 2.24) is 9.78 Å². The van der Waals surface area contributed by atoms with E-state index >= 15 is 0 Å². The second-order valence-electron chi connectivity index (χ2n) is 5.15. The first kappa shape index (κ1) is 14.3. The van der Waals surface area contributed by atoms with Gasteiger partial charge in [0.2, 0.25) is 5.91 Å². The minimum atomic E-state index is -0.922. The summed E-state index contributed by atoms with van der Waals surface area (Å²) in [5.41, 5.74) is 2.27. The molecule has 2 atom stereocenters. The molecule has 1 heterocycles. The summed E-state index contributed by atoms with van der Waals surface area (Å²) >= 11 is 0. The Balaban J connectivity index is 2.19. The molecule has 2 N–H and O–H groups in total. The van der Waals surface area contributed by atoms with E-state index in [2.05, 4.69) is 10.4 Å². The average molecular weight is 277 g/mol. The van der Waals surface area contributed by atoms with Gasteiger partial charge in [0.05, 0.1) is 28.9 Å². The van der Waals surface area contributed by atoms with E-state index in [0.717, 1.165) is 11.4 Å². The van der Waals surface area contributed by atoms with Crippen LogP contribution in [-0.2, 0) is 16.6 Å². The molecule has 20 heavy (non-hydrogen) atoms. The molecule has 2 rings (SSSR count). The molecule has 0 saturated carbocycles. The van der Waals surface area contributed by atoms with Crippen LogP contribution < -0.4 is 5.32 Å².